The van der Waals surface area contributed by atoms with E-state index in [9.17, 15) is 4.79 Å². The molecule has 1 unspecified atom stereocenters. The Morgan fingerprint density at radius 2 is 2.04 bits per heavy atom. The van der Waals surface area contributed by atoms with Crippen molar-refractivity contribution in [2.24, 2.45) is 0 Å². The maximum atomic E-state index is 12.7. The first-order chi connectivity index (χ1) is 13.1. The van der Waals surface area contributed by atoms with Crippen LogP contribution in [0.3, 0.4) is 0 Å². The van der Waals surface area contributed by atoms with Crippen LogP contribution in [0.4, 0.5) is 0 Å². The quantitative estimate of drug-likeness (QED) is 0.811. The molecule has 1 aromatic heterocycles. The highest BCUT2D eigenvalue weighted by Crippen LogP contribution is 2.29. The van der Waals surface area contributed by atoms with Gasteiger partial charge in [0.25, 0.3) is 0 Å². The molecule has 0 aliphatic carbocycles. The van der Waals surface area contributed by atoms with E-state index in [1.165, 1.54) is 11.1 Å². The topological polar surface area (TPSA) is 50.6 Å². The summed E-state index contributed by atoms with van der Waals surface area (Å²) in [4.78, 5) is 17.1. The predicted molar refractivity (Wildman–Crippen MR) is 104 cm³/mol. The Kier molecular flexibility index (Phi) is 5.16. The van der Waals surface area contributed by atoms with E-state index in [0.717, 1.165) is 57.0 Å². The van der Waals surface area contributed by atoms with Crippen LogP contribution in [0.5, 0.6) is 5.75 Å². The number of nitrogens with zero attached hydrogens (tertiary/aromatic N) is 4. The smallest absolute Gasteiger partial charge is 0.227 e. The molecule has 144 valence electrons. The summed E-state index contributed by atoms with van der Waals surface area (Å²) in [5.74, 6) is 1.19. The molecule has 0 N–H and O–H groups in total. The lowest BCUT2D eigenvalue weighted by Gasteiger charge is -2.34. The Hall–Kier alpha value is -2.34. The van der Waals surface area contributed by atoms with Crippen molar-refractivity contribution in [1.29, 1.82) is 0 Å². The van der Waals surface area contributed by atoms with Crippen molar-refractivity contribution >= 4 is 5.91 Å². The van der Waals surface area contributed by atoms with Gasteiger partial charge in [0.15, 0.2) is 0 Å². The fraction of sp³-hybridized carbons (Fsp3) is 0.524. The highest BCUT2D eigenvalue weighted by atomic mass is 16.5. The maximum Gasteiger partial charge on any atom is 0.227 e. The molecule has 6 heteroatoms. The van der Waals surface area contributed by atoms with Crippen molar-refractivity contribution in [2.45, 2.75) is 45.9 Å². The van der Waals surface area contributed by atoms with Gasteiger partial charge in [-0.05, 0) is 31.0 Å². The Labute approximate surface area is 160 Å². The highest BCUT2D eigenvalue weighted by molar-refractivity contribution is 5.79. The van der Waals surface area contributed by atoms with Crippen LogP contribution in [-0.2, 0) is 30.7 Å². The highest BCUT2D eigenvalue weighted by Gasteiger charge is 2.23. The number of hydrogen-bond acceptors (Lipinski definition) is 4. The SMILES string of the molecule is CCn1cc(CN2CCN(C(=O)Cc3ccc4c(c3)CC(C)O4)CC2)cn1. The summed E-state index contributed by atoms with van der Waals surface area (Å²) < 4.78 is 7.70. The molecule has 2 aliphatic heterocycles. The second-order valence-electron chi connectivity index (χ2n) is 7.61. The second kappa shape index (κ2) is 7.72. The lowest BCUT2D eigenvalue weighted by molar-refractivity contribution is -0.132. The molecular formula is C21H28N4O2. The molecule has 3 heterocycles. The average molecular weight is 368 g/mol. The minimum Gasteiger partial charge on any atom is -0.490 e. The van der Waals surface area contributed by atoms with E-state index in [4.69, 9.17) is 4.74 Å². The number of hydrogen-bond donors (Lipinski definition) is 0. The standard InChI is InChI=1S/C21H28N4O2/c1-3-25-15-18(13-22-25)14-23-6-8-24(9-7-23)21(26)12-17-4-5-20-19(11-17)10-16(2)27-20/h4-5,11,13,15-16H,3,6-10,12,14H2,1-2H3. The number of rotatable bonds is 5. The van der Waals surface area contributed by atoms with Crippen molar-refractivity contribution in [3.05, 3.63) is 47.3 Å². The zero-order valence-corrected chi connectivity index (χ0v) is 16.2. The van der Waals surface area contributed by atoms with Crippen LogP contribution in [0.2, 0.25) is 0 Å². The monoisotopic (exact) mass is 368 g/mol. The van der Waals surface area contributed by atoms with Crippen LogP contribution in [-0.4, -0.2) is 57.8 Å². The third-order valence-corrected chi connectivity index (χ3v) is 5.46. The van der Waals surface area contributed by atoms with Gasteiger partial charge in [0.2, 0.25) is 5.91 Å². The molecule has 0 saturated carbocycles. The first kappa shape index (κ1) is 18.0. The fourth-order valence-electron chi connectivity index (χ4n) is 3.95. The van der Waals surface area contributed by atoms with E-state index in [-0.39, 0.29) is 12.0 Å². The minimum atomic E-state index is 0.223. The van der Waals surface area contributed by atoms with E-state index in [1.54, 1.807) is 0 Å². The summed E-state index contributed by atoms with van der Waals surface area (Å²) in [7, 11) is 0. The summed E-state index contributed by atoms with van der Waals surface area (Å²) >= 11 is 0. The van der Waals surface area contributed by atoms with Crippen molar-refractivity contribution in [3.63, 3.8) is 0 Å². The number of carbonyl (C=O) groups is 1. The summed E-state index contributed by atoms with van der Waals surface area (Å²) in [6.45, 7) is 9.41. The Balaban J connectivity index is 1.28. The zero-order chi connectivity index (χ0) is 18.8. The summed E-state index contributed by atoms with van der Waals surface area (Å²) in [6.07, 6.45) is 5.70. The molecule has 1 aromatic carbocycles. The van der Waals surface area contributed by atoms with Crippen LogP contribution in [0.1, 0.15) is 30.5 Å². The first-order valence-electron chi connectivity index (χ1n) is 9.90. The largest absolute Gasteiger partial charge is 0.490 e. The van der Waals surface area contributed by atoms with Crippen molar-refractivity contribution in [3.8, 4) is 5.75 Å². The van der Waals surface area contributed by atoms with E-state index in [1.807, 2.05) is 27.9 Å². The number of aromatic nitrogens is 2. The first-order valence-corrected chi connectivity index (χ1v) is 9.90. The molecule has 6 nitrogen and oxygen atoms in total. The van der Waals surface area contributed by atoms with E-state index >= 15 is 0 Å². The Morgan fingerprint density at radius 3 is 2.78 bits per heavy atom. The number of amides is 1. The van der Waals surface area contributed by atoms with Gasteiger partial charge in [-0.3, -0.25) is 14.4 Å². The molecule has 0 radical (unpaired) electrons. The van der Waals surface area contributed by atoms with E-state index < -0.39 is 0 Å². The third-order valence-electron chi connectivity index (χ3n) is 5.46. The van der Waals surface area contributed by atoms with Gasteiger partial charge in [-0.2, -0.15) is 5.10 Å². The van der Waals surface area contributed by atoms with Crippen LogP contribution in [0.15, 0.2) is 30.6 Å². The van der Waals surface area contributed by atoms with Gasteiger partial charge in [0.1, 0.15) is 11.9 Å². The third kappa shape index (κ3) is 4.16. The van der Waals surface area contributed by atoms with Gasteiger partial charge in [0.05, 0.1) is 12.6 Å². The summed E-state index contributed by atoms with van der Waals surface area (Å²) in [5.41, 5.74) is 3.56. The van der Waals surface area contributed by atoms with E-state index in [2.05, 4.69) is 36.1 Å². The van der Waals surface area contributed by atoms with Crippen molar-refractivity contribution in [2.75, 3.05) is 26.2 Å². The van der Waals surface area contributed by atoms with Gasteiger partial charge in [-0.25, -0.2) is 0 Å². The van der Waals surface area contributed by atoms with Crippen LogP contribution in [0.25, 0.3) is 0 Å². The predicted octanol–water partition coefficient (Wildman–Crippen LogP) is 2.11. The van der Waals surface area contributed by atoms with Crippen LogP contribution in [0, 0.1) is 0 Å². The molecule has 0 bridgehead atoms. The van der Waals surface area contributed by atoms with Gasteiger partial charge in [-0.15, -0.1) is 0 Å². The molecule has 27 heavy (non-hydrogen) atoms. The molecule has 0 spiro atoms. The zero-order valence-electron chi connectivity index (χ0n) is 16.2. The van der Waals surface area contributed by atoms with Crippen molar-refractivity contribution < 1.29 is 9.53 Å². The normalized spacial score (nSPS) is 19.8. The number of benzene rings is 1. The lowest BCUT2D eigenvalue weighted by Crippen LogP contribution is -2.48. The Bertz CT molecular complexity index is 808. The maximum absolute atomic E-state index is 12.7. The average Bonchev–Trinajstić information content (AvgIpc) is 3.27. The van der Waals surface area contributed by atoms with Gasteiger partial charge < -0.3 is 9.64 Å². The van der Waals surface area contributed by atoms with Crippen molar-refractivity contribution in [1.82, 2.24) is 19.6 Å². The Morgan fingerprint density at radius 1 is 1.22 bits per heavy atom. The molecule has 1 saturated heterocycles. The second-order valence-corrected chi connectivity index (χ2v) is 7.61. The van der Waals surface area contributed by atoms with Crippen LogP contribution >= 0.6 is 0 Å². The lowest BCUT2D eigenvalue weighted by atomic mass is 10.0. The molecule has 1 fully saturated rings. The number of fused-ring (bicyclic) bond motifs is 1. The summed E-state index contributed by atoms with van der Waals surface area (Å²) in [6, 6.07) is 6.17. The number of carbonyl (C=O) groups excluding carboxylic acids is 1. The van der Waals surface area contributed by atoms with Crippen LogP contribution < -0.4 is 4.74 Å². The van der Waals surface area contributed by atoms with Gasteiger partial charge in [0, 0.05) is 57.4 Å². The molecule has 1 atom stereocenters. The molecule has 2 aromatic rings. The molecule has 1 amide bonds. The molecule has 2 aliphatic rings. The molecule has 4 rings (SSSR count). The minimum absolute atomic E-state index is 0.223. The molecular weight excluding hydrogens is 340 g/mol. The van der Waals surface area contributed by atoms with Gasteiger partial charge in [-0.1, -0.05) is 12.1 Å². The number of piperazine rings is 1. The number of aryl methyl sites for hydroxylation is 1. The fourth-order valence-corrected chi connectivity index (χ4v) is 3.95. The van der Waals surface area contributed by atoms with Gasteiger partial charge >= 0.3 is 0 Å². The summed E-state index contributed by atoms with van der Waals surface area (Å²) in [5, 5.41) is 4.34. The van der Waals surface area contributed by atoms with E-state index in [0.29, 0.717) is 6.42 Å². The number of ether oxygens (including phenoxy) is 1.